The Kier molecular flexibility index (Phi) is 34.2. The lowest BCUT2D eigenvalue weighted by Gasteiger charge is -2.25. The van der Waals surface area contributed by atoms with Crippen LogP contribution in [0.5, 0.6) is 0 Å². The van der Waals surface area contributed by atoms with Gasteiger partial charge >= 0.3 is 0 Å². The molecule has 33 nitrogen and oxygen atoms in total. The highest BCUT2D eigenvalue weighted by molar-refractivity contribution is 7.91. The number of imidazole rings is 3. The van der Waals surface area contributed by atoms with E-state index in [4.69, 9.17) is 95.1 Å². The van der Waals surface area contributed by atoms with E-state index in [1.165, 1.54) is 24.8 Å². The highest BCUT2D eigenvalue weighted by Gasteiger charge is 2.31. The first-order chi connectivity index (χ1) is 67.0. The van der Waals surface area contributed by atoms with Crippen molar-refractivity contribution in [3.8, 4) is 0 Å². The molecule has 10 aromatic heterocycles. The Labute approximate surface area is 837 Å². The van der Waals surface area contributed by atoms with Gasteiger partial charge in [0.05, 0.1) is 94.3 Å². The molecule has 0 amide bonds. The molecule has 14 heterocycles. The SMILES string of the molecule is CS(=O)(=O)c1ccccc1N.Cc1nc2c(Cl)cc(Cl)nc2n1C1CCCCO1.Cc1nc2c(Nc3ccccc3S(C)(=O)=O)cc(Cl)nc2n1C1CCCCO1.[C-]#[N+]c1nc(Cc2cc(Nc3ccccc3S(C)(=O)=O)c3c(n2)CC(C)=N3)ccc1C(C)C.[C-]#[N+]c1nc(Cc2cc(Nc3ccccc3S(C)(=O)=O)c3nc(C)n(C4CCCCO4)c3n2)ccc1C(C)C.[C-]#[N+]c1nc(N)ccc1C(C)C. The largest absolute Gasteiger partial charge is 0.398 e. The van der Waals surface area contributed by atoms with Crippen molar-refractivity contribution < 1.29 is 47.9 Å². The molecule has 3 atom stereocenters. The molecule has 736 valence electrons. The first-order valence-corrected chi connectivity index (χ1v) is 54.4. The lowest BCUT2D eigenvalue weighted by Crippen LogP contribution is -2.19. The van der Waals surface area contributed by atoms with Crippen LogP contribution in [0.15, 0.2) is 182 Å². The Morgan fingerprint density at radius 2 is 0.752 bits per heavy atom. The summed E-state index contributed by atoms with van der Waals surface area (Å²) in [5, 5.41) is 11.0. The van der Waals surface area contributed by atoms with Crippen molar-refractivity contribution in [3.63, 3.8) is 0 Å². The molecule has 141 heavy (non-hydrogen) atoms. The molecular formula is C101H111Cl3N22O11S4. The van der Waals surface area contributed by atoms with Gasteiger partial charge in [0.2, 0.25) is 5.82 Å². The minimum Gasteiger partial charge on any atom is -0.398 e. The molecular weight excluding hydrogens is 1930 g/mol. The third-order valence-corrected chi connectivity index (χ3v) is 28.7. The first kappa shape index (κ1) is 105. The highest BCUT2D eigenvalue weighted by atomic mass is 35.5. The summed E-state index contributed by atoms with van der Waals surface area (Å²) in [5.41, 5.74) is 26.8. The maximum absolute atomic E-state index is 12.5. The van der Waals surface area contributed by atoms with Crippen LogP contribution < -0.4 is 27.4 Å². The predicted molar refractivity (Wildman–Crippen MR) is 555 cm³/mol. The summed E-state index contributed by atoms with van der Waals surface area (Å²) in [7, 11) is -13.4. The first-order valence-electron chi connectivity index (χ1n) is 45.7. The number of nitrogens with one attached hydrogen (secondary N) is 3. The number of nitrogens with zero attached hydrogens (tertiary/aromatic N) is 17. The lowest BCUT2D eigenvalue weighted by molar-refractivity contribution is -0.0310. The Morgan fingerprint density at radius 1 is 0.397 bits per heavy atom. The number of aromatic nitrogens is 13. The third kappa shape index (κ3) is 26.1. The van der Waals surface area contributed by atoms with E-state index in [0.717, 1.165) is 145 Å². The van der Waals surface area contributed by atoms with Gasteiger partial charge < -0.3 is 56.2 Å². The van der Waals surface area contributed by atoms with E-state index in [-0.39, 0.29) is 50.1 Å². The average molecular weight is 2040 g/mol. The summed E-state index contributed by atoms with van der Waals surface area (Å²) in [6, 6.07) is 45.2. The van der Waals surface area contributed by atoms with Crippen molar-refractivity contribution in [2.24, 2.45) is 4.99 Å². The Balaban J connectivity index is 0.000000150. The zero-order valence-corrected chi connectivity index (χ0v) is 86.1. The van der Waals surface area contributed by atoms with Crippen LogP contribution in [0.4, 0.5) is 68.8 Å². The van der Waals surface area contributed by atoms with Gasteiger partial charge in [0.15, 0.2) is 56.3 Å². The van der Waals surface area contributed by atoms with Gasteiger partial charge in [-0.25, -0.2) is 63.6 Å². The molecule has 14 aromatic rings. The van der Waals surface area contributed by atoms with Crippen LogP contribution in [0, 0.1) is 40.5 Å². The van der Waals surface area contributed by atoms with Crippen molar-refractivity contribution in [3.05, 3.63) is 270 Å². The molecule has 4 aliphatic heterocycles. The molecule has 3 fully saturated rings. The Morgan fingerprint density at radius 3 is 1.15 bits per heavy atom. The quantitative estimate of drug-likeness (QED) is 0.0269. The van der Waals surface area contributed by atoms with Crippen LogP contribution in [0.3, 0.4) is 0 Å². The number of nitrogen functional groups attached to an aromatic ring is 2. The number of para-hydroxylation sites is 4. The number of ether oxygens (including phenoxy) is 3. The smallest absolute Gasteiger partial charge is 0.275 e. The Bertz CT molecular complexity index is 7690. The van der Waals surface area contributed by atoms with E-state index in [2.05, 4.69) is 70.4 Å². The topological polar surface area (TPSA) is 422 Å². The lowest BCUT2D eigenvalue weighted by atomic mass is 10.0. The molecule has 0 bridgehead atoms. The fourth-order valence-electron chi connectivity index (χ4n) is 16.7. The van der Waals surface area contributed by atoms with Crippen LogP contribution >= 0.6 is 34.8 Å². The fraction of sp³-hybridized carbons (Fsp3) is 0.347. The second-order valence-electron chi connectivity index (χ2n) is 35.4. The van der Waals surface area contributed by atoms with E-state index < -0.39 is 39.3 Å². The zero-order chi connectivity index (χ0) is 102. The van der Waals surface area contributed by atoms with E-state index in [1.807, 2.05) is 125 Å². The van der Waals surface area contributed by atoms with Crippen molar-refractivity contribution in [2.75, 3.05) is 72.3 Å². The predicted octanol–water partition coefficient (Wildman–Crippen LogP) is 22.8. The summed E-state index contributed by atoms with van der Waals surface area (Å²) in [4.78, 5) is 61.7. The van der Waals surface area contributed by atoms with Crippen molar-refractivity contribution >= 4 is 182 Å². The number of aliphatic imine (C=N–C) groups is 1. The van der Waals surface area contributed by atoms with Gasteiger partial charge in [-0.1, -0.05) is 163 Å². The number of sulfone groups is 4. The van der Waals surface area contributed by atoms with Crippen molar-refractivity contribution in [2.45, 2.75) is 202 Å². The third-order valence-electron chi connectivity index (χ3n) is 23.3. The number of fused-ring (bicyclic) bond motifs is 4. The maximum atomic E-state index is 12.5. The Hall–Kier alpha value is -13.0. The number of benzene rings is 4. The number of halogens is 3. The number of aryl methyl sites for hydroxylation is 3. The molecule has 3 saturated heterocycles. The van der Waals surface area contributed by atoms with Gasteiger partial charge in [0.1, 0.15) is 80.1 Å². The number of hydrogen-bond acceptors (Lipinski definition) is 27. The fourth-order valence-corrected chi connectivity index (χ4v) is 20.7. The van der Waals surface area contributed by atoms with Crippen molar-refractivity contribution in [1.82, 2.24) is 63.5 Å². The molecule has 7 N–H and O–H groups in total. The highest BCUT2D eigenvalue weighted by Crippen LogP contribution is 2.42. The van der Waals surface area contributed by atoms with Crippen LogP contribution in [0.2, 0.25) is 15.3 Å². The normalized spacial score (nSPS) is 15.3. The minimum absolute atomic E-state index is 0.00853. The molecule has 0 radical (unpaired) electrons. The number of rotatable bonds is 20. The molecule has 4 aliphatic rings. The second-order valence-corrected chi connectivity index (χ2v) is 44.5. The zero-order valence-electron chi connectivity index (χ0n) is 80.6. The average Bonchev–Trinajstić information content (AvgIpc) is 1.62. The van der Waals surface area contributed by atoms with Crippen LogP contribution in [0.1, 0.15) is 205 Å². The standard InChI is InChI=1S/C29H32N6O3S.C25H25N5O2S.C19H21ClN4O3S.C12H13Cl2N3O.C9H11N3.C7H9NO2S/c1-18(2)22-14-13-20(32-28(22)30-4)16-21-17-24(34-23-10-6-7-11-25(23)39(5,36)37)27-29(33-21)35(19(3)31-27)26-12-8-9-15-38-26;1-15(2)19-11-10-17(29-25(19)26-4)13-18-14-22(24-21(28-18)12-16(3)27-24)30-20-8-6-7-9-23(20)33(5,31)32;1-12-21-18-14(22-13-7-3-4-8-15(13)28(2,25)26)11-16(20)23-19(18)24(12)17-9-5-6-10-27-17;1-7-15-11-8(13)6-9(14)16-12(11)17(7)10-4-2-3-5-18-10;1-6(2)7-4-5-8(10)12-9(7)11-3;1-11(9,10)7-5-3-2-4-6(7)8/h6-7,10-11,13-14,17-18,26H,8-9,12,15-16H2,1-3,5H3,(H,33,34);6-11,14-15H,12-13H2,1-3,5H3,(H,28,30);3-4,7-8,11,17H,5-6,9-10H2,1-2H3,(H,22,23);6,10H,2-5H2,1H3;4-6H,1-2H3,(H2,10,12);2-5H,8H2,1H3. The molecule has 4 aromatic carbocycles. The molecule has 18 rings (SSSR count). The summed E-state index contributed by atoms with van der Waals surface area (Å²) in [6.45, 7) is 44.1. The second kappa shape index (κ2) is 45.7. The van der Waals surface area contributed by atoms with Crippen LogP contribution in [-0.2, 0) is 72.8 Å². The number of nitrogens with two attached hydrogens (primary N) is 2. The van der Waals surface area contributed by atoms with Gasteiger partial charge in [-0.3, -0.25) is 23.7 Å². The van der Waals surface area contributed by atoms with E-state index in [0.29, 0.717) is 150 Å². The summed E-state index contributed by atoms with van der Waals surface area (Å²) in [6.07, 6.45) is 15.1. The molecule has 0 spiro atoms. The van der Waals surface area contributed by atoms with Crippen LogP contribution in [0.25, 0.3) is 48.0 Å². The summed E-state index contributed by atoms with van der Waals surface area (Å²) in [5.74, 6) is 4.80. The monoisotopic (exact) mass is 2040 g/mol. The van der Waals surface area contributed by atoms with Crippen LogP contribution in [-0.4, -0.2) is 148 Å². The number of anilines is 8. The maximum Gasteiger partial charge on any atom is 0.275 e. The molecule has 40 heteroatoms. The minimum atomic E-state index is -3.47. The van der Waals surface area contributed by atoms with Crippen molar-refractivity contribution in [1.29, 1.82) is 0 Å². The van der Waals surface area contributed by atoms with Gasteiger partial charge in [-0.05, 0) is 199 Å². The van der Waals surface area contributed by atoms with E-state index >= 15 is 0 Å². The van der Waals surface area contributed by atoms with Gasteiger partial charge in [-0.2, -0.15) is 0 Å². The molecule has 0 saturated carbocycles. The molecule has 3 unspecified atom stereocenters. The van der Waals surface area contributed by atoms with Gasteiger partial charge in [-0.15, -0.1) is 15.0 Å². The summed E-state index contributed by atoms with van der Waals surface area (Å²) < 4.78 is 119. The van der Waals surface area contributed by atoms with E-state index in [1.54, 1.807) is 109 Å². The van der Waals surface area contributed by atoms with Gasteiger partial charge in [0, 0.05) is 69.1 Å². The summed E-state index contributed by atoms with van der Waals surface area (Å²) >= 11 is 18.4. The number of hydrogen-bond donors (Lipinski definition) is 5. The van der Waals surface area contributed by atoms with Gasteiger partial charge in [0.25, 0.3) is 17.5 Å². The molecule has 0 aliphatic carbocycles. The van der Waals surface area contributed by atoms with E-state index in [9.17, 15) is 33.7 Å². The number of pyridine rings is 7.